The first kappa shape index (κ1) is 12.6. The number of nitrogens with one attached hydrogen (secondary N) is 1. The second kappa shape index (κ2) is 5.59. The number of hydrogen-bond donors (Lipinski definition) is 2. The molecule has 0 aliphatic rings. The Morgan fingerprint density at radius 2 is 2.18 bits per heavy atom. The summed E-state index contributed by atoms with van der Waals surface area (Å²) in [5.74, 6) is -1.32. The molecule has 17 heavy (non-hydrogen) atoms. The summed E-state index contributed by atoms with van der Waals surface area (Å²) in [4.78, 5) is 31.9. The van der Waals surface area contributed by atoms with Gasteiger partial charge in [0.15, 0.2) is 12.9 Å². The van der Waals surface area contributed by atoms with Crippen molar-refractivity contribution in [3.63, 3.8) is 0 Å². The standard InChI is InChI=1S/C10H9FN2O4/c11-7-1-2-8(6(3-7)4-14)17-5-9(15)13-10(12)16/h1-4H,5H2,(H3,12,13,15,16). The van der Waals surface area contributed by atoms with Crippen LogP contribution in [0.25, 0.3) is 0 Å². The van der Waals surface area contributed by atoms with Crippen molar-refractivity contribution in [1.82, 2.24) is 5.32 Å². The number of carbonyl (C=O) groups is 3. The van der Waals surface area contributed by atoms with Gasteiger partial charge >= 0.3 is 6.03 Å². The number of nitrogens with two attached hydrogens (primary N) is 1. The zero-order chi connectivity index (χ0) is 12.8. The molecule has 0 aliphatic carbocycles. The molecule has 6 nitrogen and oxygen atoms in total. The number of aldehydes is 1. The number of rotatable bonds is 4. The highest BCUT2D eigenvalue weighted by molar-refractivity contribution is 5.94. The number of halogens is 1. The lowest BCUT2D eigenvalue weighted by Gasteiger charge is -2.07. The SMILES string of the molecule is NC(=O)NC(=O)COc1ccc(F)cc1C=O. The number of benzene rings is 1. The Balaban J connectivity index is 2.66. The van der Waals surface area contributed by atoms with Gasteiger partial charge in [0, 0.05) is 0 Å². The van der Waals surface area contributed by atoms with Crippen LogP contribution in [0.15, 0.2) is 18.2 Å². The molecule has 90 valence electrons. The van der Waals surface area contributed by atoms with Crippen LogP contribution in [0.1, 0.15) is 10.4 Å². The number of urea groups is 1. The maximum absolute atomic E-state index is 12.8. The van der Waals surface area contributed by atoms with Gasteiger partial charge in [-0.3, -0.25) is 14.9 Å². The average molecular weight is 240 g/mol. The lowest BCUT2D eigenvalue weighted by Crippen LogP contribution is -2.38. The van der Waals surface area contributed by atoms with Crippen LogP contribution >= 0.6 is 0 Å². The van der Waals surface area contributed by atoms with Crippen molar-refractivity contribution < 1.29 is 23.5 Å². The topological polar surface area (TPSA) is 98.5 Å². The molecule has 0 bridgehead atoms. The third-order valence-corrected chi connectivity index (χ3v) is 1.72. The molecule has 0 spiro atoms. The number of ether oxygens (including phenoxy) is 1. The quantitative estimate of drug-likeness (QED) is 0.735. The van der Waals surface area contributed by atoms with Gasteiger partial charge in [-0.2, -0.15) is 0 Å². The molecule has 1 rings (SSSR count). The second-order valence-corrected chi connectivity index (χ2v) is 3.00. The van der Waals surface area contributed by atoms with E-state index in [1.54, 1.807) is 5.32 Å². The van der Waals surface area contributed by atoms with Crippen molar-refractivity contribution in [2.75, 3.05) is 6.61 Å². The molecule has 0 atom stereocenters. The number of amides is 3. The number of primary amides is 1. The molecular weight excluding hydrogens is 231 g/mol. The molecule has 0 fully saturated rings. The van der Waals surface area contributed by atoms with Crippen LogP contribution in [0.5, 0.6) is 5.75 Å². The van der Waals surface area contributed by atoms with E-state index in [1.165, 1.54) is 6.07 Å². The molecule has 3 amide bonds. The van der Waals surface area contributed by atoms with Crippen molar-refractivity contribution >= 4 is 18.2 Å². The summed E-state index contributed by atoms with van der Waals surface area (Å²) in [5, 5.41) is 1.77. The van der Waals surface area contributed by atoms with Crippen LogP contribution in [0, 0.1) is 5.82 Å². The Labute approximate surface area is 95.5 Å². The third kappa shape index (κ3) is 3.90. The molecule has 0 saturated heterocycles. The van der Waals surface area contributed by atoms with Crippen LogP contribution < -0.4 is 15.8 Å². The molecule has 0 radical (unpaired) electrons. The van der Waals surface area contributed by atoms with Crippen LogP contribution in [0.4, 0.5) is 9.18 Å². The van der Waals surface area contributed by atoms with Gasteiger partial charge in [-0.1, -0.05) is 0 Å². The number of imide groups is 1. The van der Waals surface area contributed by atoms with E-state index in [4.69, 9.17) is 10.5 Å². The van der Waals surface area contributed by atoms with Crippen molar-refractivity contribution in [3.8, 4) is 5.75 Å². The van der Waals surface area contributed by atoms with E-state index >= 15 is 0 Å². The molecule has 0 aliphatic heterocycles. The molecule has 1 aromatic carbocycles. The minimum atomic E-state index is -1.01. The Bertz CT molecular complexity index is 462. The lowest BCUT2D eigenvalue weighted by atomic mass is 10.2. The molecular formula is C10H9FN2O4. The average Bonchev–Trinajstić information content (AvgIpc) is 2.26. The summed E-state index contributed by atoms with van der Waals surface area (Å²) >= 11 is 0. The lowest BCUT2D eigenvalue weighted by molar-refractivity contribution is -0.121. The van der Waals surface area contributed by atoms with Crippen molar-refractivity contribution in [1.29, 1.82) is 0 Å². The minimum Gasteiger partial charge on any atom is -0.483 e. The van der Waals surface area contributed by atoms with E-state index in [-0.39, 0.29) is 11.3 Å². The molecule has 0 saturated carbocycles. The zero-order valence-electron chi connectivity index (χ0n) is 8.60. The Morgan fingerprint density at radius 1 is 1.47 bits per heavy atom. The largest absolute Gasteiger partial charge is 0.483 e. The highest BCUT2D eigenvalue weighted by Gasteiger charge is 2.08. The van der Waals surface area contributed by atoms with Crippen molar-refractivity contribution in [2.24, 2.45) is 5.73 Å². The first-order valence-corrected chi connectivity index (χ1v) is 4.49. The summed E-state index contributed by atoms with van der Waals surface area (Å²) in [6.45, 7) is -0.505. The van der Waals surface area contributed by atoms with Gasteiger partial charge in [0.05, 0.1) is 5.56 Å². The second-order valence-electron chi connectivity index (χ2n) is 3.00. The van der Waals surface area contributed by atoms with E-state index in [0.29, 0.717) is 6.29 Å². The Kier molecular flexibility index (Phi) is 4.15. The summed E-state index contributed by atoms with van der Waals surface area (Å²) in [5.41, 5.74) is 4.68. The van der Waals surface area contributed by atoms with Crippen LogP contribution in [0.2, 0.25) is 0 Å². The van der Waals surface area contributed by atoms with Crippen LogP contribution in [-0.4, -0.2) is 24.8 Å². The maximum atomic E-state index is 12.8. The van der Waals surface area contributed by atoms with E-state index in [0.717, 1.165) is 12.1 Å². The predicted octanol–water partition coefficient (Wildman–Crippen LogP) is 0.212. The Morgan fingerprint density at radius 3 is 2.76 bits per heavy atom. The fourth-order valence-corrected chi connectivity index (χ4v) is 1.06. The van der Waals surface area contributed by atoms with Gasteiger partial charge in [-0.05, 0) is 18.2 Å². The molecule has 1 aromatic rings. The van der Waals surface area contributed by atoms with Crippen LogP contribution in [-0.2, 0) is 4.79 Å². The fourth-order valence-electron chi connectivity index (χ4n) is 1.06. The van der Waals surface area contributed by atoms with Crippen molar-refractivity contribution in [3.05, 3.63) is 29.6 Å². The zero-order valence-corrected chi connectivity index (χ0v) is 8.60. The summed E-state index contributed by atoms with van der Waals surface area (Å²) in [7, 11) is 0. The summed E-state index contributed by atoms with van der Waals surface area (Å²) in [6, 6.07) is 2.24. The number of carbonyl (C=O) groups excluding carboxylic acids is 3. The highest BCUT2D eigenvalue weighted by Crippen LogP contribution is 2.17. The van der Waals surface area contributed by atoms with Gasteiger partial charge in [-0.15, -0.1) is 0 Å². The maximum Gasteiger partial charge on any atom is 0.318 e. The van der Waals surface area contributed by atoms with E-state index in [1.807, 2.05) is 0 Å². The van der Waals surface area contributed by atoms with Gasteiger partial charge in [0.25, 0.3) is 5.91 Å². The van der Waals surface area contributed by atoms with Crippen LogP contribution in [0.3, 0.4) is 0 Å². The molecule has 0 aromatic heterocycles. The number of hydrogen-bond acceptors (Lipinski definition) is 4. The smallest absolute Gasteiger partial charge is 0.318 e. The van der Waals surface area contributed by atoms with E-state index in [9.17, 15) is 18.8 Å². The Hall–Kier alpha value is -2.44. The fraction of sp³-hybridized carbons (Fsp3) is 0.100. The molecule has 0 unspecified atom stereocenters. The minimum absolute atomic E-state index is 0.0307. The van der Waals surface area contributed by atoms with Gasteiger partial charge in [0.2, 0.25) is 0 Å². The highest BCUT2D eigenvalue weighted by atomic mass is 19.1. The molecule has 7 heteroatoms. The first-order chi connectivity index (χ1) is 8.02. The van der Waals surface area contributed by atoms with Gasteiger partial charge in [0.1, 0.15) is 11.6 Å². The normalized spacial score (nSPS) is 9.47. The molecule has 3 N–H and O–H groups in total. The summed E-state index contributed by atoms with van der Waals surface area (Å²) in [6.07, 6.45) is 0.393. The van der Waals surface area contributed by atoms with E-state index < -0.39 is 24.4 Å². The van der Waals surface area contributed by atoms with Gasteiger partial charge in [-0.25, -0.2) is 9.18 Å². The van der Waals surface area contributed by atoms with Gasteiger partial charge < -0.3 is 10.5 Å². The predicted molar refractivity (Wildman–Crippen MR) is 55.0 cm³/mol. The van der Waals surface area contributed by atoms with Crippen molar-refractivity contribution in [2.45, 2.75) is 0 Å². The molecule has 0 heterocycles. The monoisotopic (exact) mass is 240 g/mol. The third-order valence-electron chi connectivity index (χ3n) is 1.72. The first-order valence-electron chi connectivity index (χ1n) is 4.49. The summed E-state index contributed by atoms with van der Waals surface area (Å²) < 4.78 is 17.7. The van der Waals surface area contributed by atoms with E-state index in [2.05, 4.69) is 0 Å².